The van der Waals surface area contributed by atoms with Gasteiger partial charge < -0.3 is 4.74 Å². The molecule has 0 radical (unpaired) electrons. The fourth-order valence-corrected chi connectivity index (χ4v) is 2.13. The second-order valence-corrected chi connectivity index (χ2v) is 4.77. The average molecular weight is 269 g/mol. The Morgan fingerprint density at radius 3 is 2.40 bits per heavy atom. The first-order valence-electron chi connectivity index (χ1n) is 5.23. The smallest absolute Gasteiger partial charge is 0.314 e. The summed E-state index contributed by atoms with van der Waals surface area (Å²) in [7, 11) is 0. The summed E-state index contributed by atoms with van der Waals surface area (Å²) in [4.78, 5) is 11.7. The number of benzene rings is 1. The van der Waals surface area contributed by atoms with E-state index < -0.39 is 0 Å². The Labute approximate surface area is 97.8 Å². The SMILES string of the molecule is O=C(Oc1ccc(Br)cc1)C1CCCC1. The highest BCUT2D eigenvalue weighted by molar-refractivity contribution is 9.10. The third-order valence-corrected chi connectivity index (χ3v) is 3.25. The molecule has 0 N–H and O–H groups in total. The molecule has 0 atom stereocenters. The highest BCUT2D eigenvalue weighted by Gasteiger charge is 2.24. The topological polar surface area (TPSA) is 26.3 Å². The van der Waals surface area contributed by atoms with Gasteiger partial charge in [0.05, 0.1) is 5.92 Å². The van der Waals surface area contributed by atoms with Crippen LogP contribution in [0.3, 0.4) is 0 Å². The second-order valence-electron chi connectivity index (χ2n) is 3.86. The Bertz CT molecular complexity index is 339. The second kappa shape index (κ2) is 4.79. The molecular formula is C12H13BrO2. The number of rotatable bonds is 2. The molecule has 0 amide bonds. The minimum atomic E-state index is -0.0742. The van der Waals surface area contributed by atoms with E-state index >= 15 is 0 Å². The Morgan fingerprint density at radius 1 is 1.20 bits per heavy atom. The lowest BCUT2D eigenvalue weighted by Crippen LogP contribution is -2.17. The fraction of sp³-hybridized carbons (Fsp3) is 0.417. The minimum absolute atomic E-state index is 0.0742. The van der Waals surface area contributed by atoms with Crippen molar-refractivity contribution in [1.82, 2.24) is 0 Å². The van der Waals surface area contributed by atoms with Crippen molar-refractivity contribution in [3.05, 3.63) is 28.7 Å². The lowest BCUT2D eigenvalue weighted by molar-refractivity contribution is -0.138. The van der Waals surface area contributed by atoms with Crippen LogP contribution in [0.25, 0.3) is 0 Å². The van der Waals surface area contributed by atoms with Crippen molar-refractivity contribution >= 4 is 21.9 Å². The molecule has 0 spiro atoms. The van der Waals surface area contributed by atoms with E-state index in [4.69, 9.17) is 4.74 Å². The van der Waals surface area contributed by atoms with E-state index in [2.05, 4.69) is 15.9 Å². The van der Waals surface area contributed by atoms with Crippen LogP contribution in [0.4, 0.5) is 0 Å². The molecular weight excluding hydrogens is 256 g/mol. The Morgan fingerprint density at radius 2 is 1.80 bits per heavy atom. The molecule has 2 rings (SSSR count). The van der Waals surface area contributed by atoms with Crippen molar-refractivity contribution in [2.24, 2.45) is 5.92 Å². The monoisotopic (exact) mass is 268 g/mol. The molecule has 80 valence electrons. The van der Waals surface area contributed by atoms with Crippen LogP contribution in [0, 0.1) is 5.92 Å². The predicted octanol–water partition coefficient (Wildman–Crippen LogP) is 3.54. The van der Waals surface area contributed by atoms with Gasteiger partial charge in [0, 0.05) is 4.47 Å². The molecule has 0 unspecified atom stereocenters. The maximum atomic E-state index is 11.7. The minimum Gasteiger partial charge on any atom is -0.426 e. The van der Waals surface area contributed by atoms with Crippen molar-refractivity contribution < 1.29 is 9.53 Å². The summed E-state index contributed by atoms with van der Waals surface area (Å²) in [5, 5.41) is 0. The lowest BCUT2D eigenvalue weighted by atomic mass is 10.1. The van der Waals surface area contributed by atoms with E-state index in [0.29, 0.717) is 5.75 Å². The Balaban J connectivity index is 1.96. The van der Waals surface area contributed by atoms with E-state index in [9.17, 15) is 4.79 Å². The molecule has 0 saturated heterocycles. The van der Waals surface area contributed by atoms with Crippen LogP contribution in [-0.4, -0.2) is 5.97 Å². The summed E-state index contributed by atoms with van der Waals surface area (Å²) in [5.41, 5.74) is 0. The van der Waals surface area contributed by atoms with Gasteiger partial charge in [-0.2, -0.15) is 0 Å². The molecule has 1 aromatic carbocycles. The molecule has 0 heterocycles. The summed E-state index contributed by atoms with van der Waals surface area (Å²) >= 11 is 3.34. The Hall–Kier alpha value is -0.830. The van der Waals surface area contributed by atoms with Gasteiger partial charge in [0.2, 0.25) is 0 Å². The summed E-state index contributed by atoms with van der Waals surface area (Å²) in [6.07, 6.45) is 4.27. The first-order valence-corrected chi connectivity index (χ1v) is 6.02. The molecule has 15 heavy (non-hydrogen) atoms. The zero-order valence-electron chi connectivity index (χ0n) is 8.41. The number of esters is 1. The van der Waals surface area contributed by atoms with E-state index in [1.54, 1.807) is 12.1 Å². The van der Waals surface area contributed by atoms with Crippen molar-refractivity contribution in [2.75, 3.05) is 0 Å². The normalized spacial score (nSPS) is 16.6. The van der Waals surface area contributed by atoms with Gasteiger partial charge in [-0.1, -0.05) is 28.8 Å². The Kier molecular flexibility index (Phi) is 3.41. The third kappa shape index (κ3) is 2.81. The third-order valence-electron chi connectivity index (χ3n) is 2.72. The van der Waals surface area contributed by atoms with E-state index in [0.717, 1.165) is 30.2 Å². The van der Waals surface area contributed by atoms with Crippen molar-refractivity contribution in [3.63, 3.8) is 0 Å². The maximum Gasteiger partial charge on any atom is 0.314 e. The maximum absolute atomic E-state index is 11.7. The van der Waals surface area contributed by atoms with Gasteiger partial charge in [-0.25, -0.2) is 0 Å². The van der Waals surface area contributed by atoms with Crippen LogP contribution in [0.5, 0.6) is 5.75 Å². The molecule has 2 nitrogen and oxygen atoms in total. The van der Waals surface area contributed by atoms with Gasteiger partial charge in [0.1, 0.15) is 5.75 Å². The summed E-state index contributed by atoms with van der Waals surface area (Å²) in [6.45, 7) is 0. The molecule has 3 heteroatoms. The molecule has 1 fully saturated rings. The van der Waals surface area contributed by atoms with Crippen LogP contribution in [0.15, 0.2) is 28.7 Å². The van der Waals surface area contributed by atoms with Gasteiger partial charge >= 0.3 is 5.97 Å². The molecule has 0 bridgehead atoms. The number of hydrogen-bond donors (Lipinski definition) is 0. The number of hydrogen-bond acceptors (Lipinski definition) is 2. The van der Waals surface area contributed by atoms with Crippen molar-refractivity contribution in [2.45, 2.75) is 25.7 Å². The standard InChI is InChI=1S/C12H13BrO2/c13-10-5-7-11(8-6-10)15-12(14)9-3-1-2-4-9/h5-9H,1-4H2. The first-order chi connectivity index (χ1) is 7.25. The first kappa shape index (κ1) is 10.7. The van der Waals surface area contributed by atoms with E-state index in [1.165, 1.54) is 0 Å². The number of halogens is 1. The zero-order chi connectivity index (χ0) is 10.7. The molecule has 1 aliphatic rings. The number of carbonyl (C=O) groups excluding carboxylic acids is 1. The fourth-order valence-electron chi connectivity index (χ4n) is 1.86. The van der Waals surface area contributed by atoms with Gasteiger partial charge in [0.25, 0.3) is 0 Å². The molecule has 1 aliphatic carbocycles. The van der Waals surface area contributed by atoms with Crippen molar-refractivity contribution in [3.8, 4) is 5.75 Å². The van der Waals surface area contributed by atoms with Crippen molar-refractivity contribution in [1.29, 1.82) is 0 Å². The summed E-state index contributed by atoms with van der Waals surface area (Å²) < 4.78 is 6.28. The largest absolute Gasteiger partial charge is 0.426 e. The summed E-state index contributed by atoms with van der Waals surface area (Å²) in [6, 6.07) is 7.35. The quantitative estimate of drug-likeness (QED) is 0.606. The van der Waals surface area contributed by atoms with Crippen LogP contribution in [0.1, 0.15) is 25.7 Å². The molecule has 0 aliphatic heterocycles. The number of ether oxygens (including phenoxy) is 1. The van der Waals surface area contributed by atoms with Crippen LogP contribution >= 0.6 is 15.9 Å². The molecule has 1 saturated carbocycles. The van der Waals surface area contributed by atoms with Gasteiger partial charge in [-0.3, -0.25) is 4.79 Å². The zero-order valence-corrected chi connectivity index (χ0v) is 10.00. The number of carbonyl (C=O) groups is 1. The van der Waals surface area contributed by atoms with Crippen LogP contribution in [-0.2, 0) is 4.79 Å². The lowest BCUT2D eigenvalue weighted by Gasteiger charge is -2.08. The predicted molar refractivity (Wildman–Crippen MR) is 61.7 cm³/mol. The van der Waals surface area contributed by atoms with Gasteiger partial charge in [-0.15, -0.1) is 0 Å². The van der Waals surface area contributed by atoms with Crippen LogP contribution in [0.2, 0.25) is 0 Å². The van der Waals surface area contributed by atoms with Crippen LogP contribution < -0.4 is 4.74 Å². The van der Waals surface area contributed by atoms with Gasteiger partial charge in [0.15, 0.2) is 0 Å². The van der Waals surface area contributed by atoms with Gasteiger partial charge in [-0.05, 0) is 37.1 Å². The molecule has 1 aromatic rings. The average Bonchev–Trinajstić information content (AvgIpc) is 2.74. The highest BCUT2D eigenvalue weighted by Crippen LogP contribution is 2.26. The van der Waals surface area contributed by atoms with E-state index in [-0.39, 0.29) is 11.9 Å². The van der Waals surface area contributed by atoms with E-state index in [1.807, 2.05) is 12.1 Å². The summed E-state index contributed by atoms with van der Waals surface area (Å²) in [5.74, 6) is 0.679. The molecule has 0 aromatic heterocycles. The highest BCUT2D eigenvalue weighted by atomic mass is 79.9.